The first-order valence-electron chi connectivity index (χ1n) is 6.00. The van der Waals surface area contributed by atoms with Crippen LogP contribution >= 0.6 is 0 Å². The minimum Gasteiger partial charge on any atom is -0.372 e. The van der Waals surface area contributed by atoms with Crippen molar-refractivity contribution in [3.63, 3.8) is 0 Å². The zero-order valence-corrected chi connectivity index (χ0v) is 8.82. The number of ether oxygens (including phenoxy) is 1. The Balaban J connectivity index is 1.53. The molecule has 80 valence electrons. The number of hydrogen-bond donors (Lipinski definition) is 0. The zero-order chi connectivity index (χ0) is 9.38. The fraction of sp³-hybridized carbons (Fsp3) is 1.00. The van der Waals surface area contributed by atoms with Crippen molar-refractivity contribution >= 4 is 0 Å². The minimum atomic E-state index is 0.574. The number of piperidine rings is 1. The second-order valence-electron chi connectivity index (χ2n) is 4.90. The van der Waals surface area contributed by atoms with Gasteiger partial charge in [0.2, 0.25) is 0 Å². The van der Waals surface area contributed by atoms with Crippen LogP contribution in [0, 0.1) is 0 Å². The van der Waals surface area contributed by atoms with Gasteiger partial charge in [0.25, 0.3) is 0 Å². The van der Waals surface area contributed by atoms with E-state index in [1.54, 1.807) is 0 Å². The predicted molar refractivity (Wildman–Crippen MR) is 55.4 cm³/mol. The van der Waals surface area contributed by atoms with Gasteiger partial charge >= 0.3 is 0 Å². The molecule has 3 aliphatic heterocycles. The van der Waals surface area contributed by atoms with Crippen molar-refractivity contribution in [3.05, 3.63) is 0 Å². The van der Waals surface area contributed by atoms with Gasteiger partial charge in [-0.3, -0.25) is 9.80 Å². The molecule has 2 atom stereocenters. The Morgan fingerprint density at radius 2 is 2.07 bits per heavy atom. The molecule has 3 rings (SSSR count). The van der Waals surface area contributed by atoms with Gasteiger partial charge in [0.1, 0.15) is 0 Å². The molecule has 3 aliphatic rings. The first-order valence-corrected chi connectivity index (χ1v) is 6.00. The zero-order valence-electron chi connectivity index (χ0n) is 8.82. The minimum absolute atomic E-state index is 0.574. The van der Waals surface area contributed by atoms with Crippen LogP contribution in [0.2, 0.25) is 0 Å². The van der Waals surface area contributed by atoms with E-state index in [9.17, 15) is 0 Å². The van der Waals surface area contributed by atoms with Crippen LogP contribution in [0.15, 0.2) is 0 Å². The topological polar surface area (TPSA) is 19.0 Å². The summed E-state index contributed by atoms with van der Waals surface area (Å²) in [4.78, 5) is 5.29. The molecule has 0 aromatic rings. The summed E-state index contributed by atoms with van der Waals surface area (Å²) in [5, 5.41) is 0. The summed E-state index contributed by atoms with van der Waals surface area (Å²) >= 11 is 0. The average Bonchev–Trinajstić information content (AvgIpc) is 3.02. The molecular formula is C11H20N2O. The Morgan fingerprint density at radius 3 is 2.93 bits per heavy atom. The Labute approximate surface area is 86.0 Å². The highest BCUT2D eigenvalue weighted by Gasteiger charge is 2.32. The van der Waals surface area contributed by atoms with E-state index in [2.05, 4.69) is 9.80 Å². The first-order chi connectivity index (χ1) is 6.92. The molecule has 0 aliphatic carbocycles. The smallest absolute Gasteiger partial charge is 0.0936 e. The molecule has 0 bridgehead atoms. The van der Waals surface area contributed by atoms with Gasteiger partial charge in [-0.2, -0.15) is 0 Å². The maximum Gasteiger partial charge on any atom is 0.0936 e. The summed E-state index contributed by atoms with van der Waals surface area (Å²) in [5.41, 5.74) is 0. The second kappa shape index (κ2) is 3.80. The van der Waals surface area contributed by atoms with Crippen LogP contribution in [0.4, 0.5) is 0 Å². The maximum absolute atomic E-state index is 5.29. The van der Waals surface area contributed by atoms with Crippen LogP contribution < -0.4 is 0 Å². The molecule has 3 fully saturated rings. The van der Waals surface area contributed by atoms with Gasteiger partial charge in [-0.15, -0.1) is 0 Å². The Morgan fingerprint density at radius 1 is 1.14 bits per heavy atom. The van der Waals surface area contributed by atoms with E-state index in [4.69, 9.17) is 4.74 Å². The third-order valence-electron chi connectivity index (χ3n) is 3.79. The second-order valence-corrected chi connectivity index (χ2v) is 4.90. The van der Waals surface area contributed by atoms with E-state index in [-0.39, 0.29) is 0 Å². The largest absolute Gasteiger partial charge is 0.372 e. The highest BCUT2D eigenvalue weighted by molar-refractivity contribution is 4.87. The molecule has 3 nitrogen and oxygen atoms in total. The van der Waals surface area contributed by atoms with E-state index < -0.39 is 0 Å². The third-order valence-corrected chi connectivity index (χ3v) is 3.79. The lowest BCUT2D eigenvalue weighted by Crippen LogP contribution is -2.55. The fourth-order valence-electron chi connectivity index (χ4n) is 2.85. The third kappa shape index (κ3) is 1.95. The van der Waals surface area contributed by atoms with Crippen molar-refractivity contribution < 1.29 is 4.74 Å². The summed E-state index contributed by atoms with van der Waals surface area (Å²) in [7, 11) is 0. The van der Waals surface area contributed by atoms with Crippen LogP contribution in [0.5, 0.6) is 0 Å². The molecule has 0 aromatic carbocycles. The van der Waals surface area contributed by atoms with Crippen molar-refractivity contribution in [2.45, 2.75) is 31.4 Å². The standard InChI is InChI=1S/C11H20N2O/c1-2-4-13-6-5-12(7-10(13)3-1)8-11-9-14-11/h10-11H,1-9H2/t10?,11-/m0/s1. The van der Waals surface area contributed by atoms with Gasteiger partial charge in [-0.05, 0) is 19.4 Å². The van der Waals surface area contributed by atoms with Crippen LogP contribution in [-0.2, 0) is 4.74 Å². The van der Waals surface area contributed by atoms with Gasteiger partial charge in [0, 0.05) is 32.2 Å². The number of fused-ring (bicyclic) bond motifs is 1. The monoisotopic (exact) mass is 196 g/mol. The van der Waals surface area contributed by atoms with E-state index >= 15 is 0 Å². The molecule has 0 radical (unpaired) electrons. The van der Waals surface area contributed by atoms with Crippen molar-refractivity contribution in [3.8, 4) is 0 Å². The van der Waals surface area contributed by atoms with Gasteiger partial charge in [0.15, 0.2) is 0 Å². The summed E-state index contributed by atoms with van der Waals surface area (Å²) < 4.78 is 5.29. The average molecular weight is 196 g/mol. The van der Waals surface area contributed by atoms with E-state index in [1.165, 1.54) is 52.0 Å². The number of hydrogen-bond acceptors (Lipinski definition) is 3. The first kappa shape index (κ1) is 9.13. The Bertz CT molecular complexity index is 205. The van der Waals surface area contributed by atoms with Gasteiger partial charge < -0.3 is 4.74 Å². The lowest BCUT2D eigenvalue weighted by atomic mass is 9.99. The van der Waals surface area contributed by atoms with Crippen LogP contribution in [0.25, 0.3) is 0 Å². The highest BCUT2D eigenvalue weighted by Crippen LogP contribution is 2.22. The van der Waals surface area contributed by atoms with E-state index in [0.717, 1.165) is 12.6 Å². The van der Waals surface area contributed by atoms with Crippen molar-refractivity contribution in [2.24, 2.45) is 0 Å². The fourth-order valence-corrected chi connectivity index (χ4v) is 2.85. The predicted octanol–water partition coefficient (Wildman–Crippen LogP) is 0.555. The van der Waals surface area contributed by atoms with E-state index in [1.807, 2.05) is 0 Å². The van der Waals surface area contributed by atoms with Crippen molar-refractivity contribution in [1.29, 1.82) is 0 Å². The molecule has 0 spiro atoms. The molecular weight excluding hydrogens is 176 g/mol. The van der Waals surface area contributed by atoms with Crippen molar-refractivity contribution in [2.75, 3.05) is 39.3 Å². The van der Waals surface area contributed by atoms with Crippen LogP contribution in [0.3, 0.4) is 0 Å². The lowest BCUT2D eigenvalue weighted by Gasteiger charge is -2.43. The normalized spacial score (nSPS) is 39.4. The number of rotatable bonds is 2. The maximum atomic E-state index is 5.29. The molecule has 0 saturated carbocycles. The van der Waals surface area contributed by atoms with E-state index in [0.29, 0.717) is 6.10 Å². The number of piperazine rings is 1. The quantitative estimate of drug-likeness (QED) is 0.601. The molecule has 3 saturated heterocycles. The van der Waals surface area contributed by atoms with Gasteiger partial charge in [-0.25, -0.2) is 0 Å². The van der Waals surface area contributed by atoms with Crippen LogP contribution in [-0.4, -0.2) is 61.3 Å². The number of nitrogens with zero attached hydrogens (tertiary/aromatic N) is 2. The summed E-state index contributed by atoms with van der Waals surface area (Å²) in [6, 6.07) is 0.858. The summed E-state index contributed by atoms with van der Waals surface area (Å²) in [6.07, 6.45) is 4.85. The molecule has 0 aromatic heterocycles. The van der Waals surface area contributed by atoms with Crippen LogP contribution in [0.1, 0.15) is 19.3 Å². The lowest BCUT2D eigenvalue weighted by molar-refractivity contribution is 0.0462. The molecule has 3 heterocycles. The van der Waals surface area contributed by atoms with Crippen molar-refractivity contribution in [1.82, 2.24) is 9.80 Å². The Hall–Kier alpha value is -0.120. The van der Waals surface area contributed by atoms with Gasteiger partial charge in [0.05, 0.1) is 12.7 Å². The molecule has 14 heavy (non-hydrogen) atoms. The summed E-state index contributed by atoms with van der Waals surface area (Å²) in [5.74, 6) is 0. The molecule has 3 heteroatoms. The molecule has 0 N–H and O–H groups in total. The number of epoxide rings is 1. The van der Waals surface area contributed by atoms with Gasteiger partial charge in [-0.1, -0.05) is 6.42 Å². The Kier molecular flexibility index (Phi) is 2.48. The summed E-state index contributed by atoms with van der Waals surface area (Å²) in [6.45, 7) is 7.38. The molecule has 0 amide bonds. The SMILES string of the molecule is C1CCN2CCN(C[C@H]3CO3)CC2C1. The highest BCUT2D eigenvalue weighted by atomic mass is 16.6. The molecule has 1 unspecified atom stereocenters.